The number of rotatable bonds is 4. The molecule has 1 fully saturated rings. The first-order valence-electron chi connectivity index (χ1n) is 5.63. The van der Waals surface area contributed by atoms with Crippen LogP contribution in [0.5, 0.6) is 0 Å². The highest BCUT2D eigenvalue weighted by molar-refractivity contribution is 5.49. The summed E-state index contributed by atoms with van der Waals surface area (Å²) in [5, 5.41) is 9.68. The number of anilines is 1. The lowest BCUT2D eigenvalue weighted by Gasteiger charge is -2.24. The molecule has 0 aliphatic heterocycles. The average Bonchev–Trinajstić information content (AvgIpc) is 3.04. The number of hydrogen-bond acceptors (Lipinski definition) is 3. The van der Waals surface area contributed by atoms with E-state index in [4.69, 9.17) is 0 Å². The minimum Gasteiger partial charge on any atom is -0.389 e. The van der Waals surface area contributed by atoms with Gasteiger partial charge in [-0.1, -0.05) is 6.07 Å². The van der Waals surface area contributed by atoms with Gasteiger partial charge in [-0.15, -0.1) is 0 Å². The van der Waals surface area contributed by atoms with E-state index in [1.165, 1.54) is 12.8 Å². The number of hydrogen-bond donors (Lipinski definition) is 1. The number of aromatic nitrogens is 1. The molecule has 0 spiro atoms. The fourth-order valence-corrected chi connectivity index (χ4v) is 1.94. The van der Waals surface area contributed by atoms with Crippen LogP contribution in [0.1, 0.15) is 38.4 Å². The molecule has 0 unspecified atom stereocenters. The third-order valence-corrected chi connectivity index (χ3v) is 2.87. The van der Waals surface area contributed by atoms with Gasteiger partial charge in [0.15, 0.2) is 0 Å². The van der Waals surface area contributed by atoms with Crippen LogP contribution < -0.4 is 4.90 Å². The Morgan fingerprint density at radius 2 is 2.33 bits per heavy atom. The van der Waals surface area contributed by atoms with Crippen molar-refractivity contribution in [2.45, 2.75) is 38.8 Å². The van der Waals surface area contributed by atoms with E-state index in [9.17, 15) is 5.11 Å². The summed E-state index contributed by atoms with van der Waals surface area (Å²) < 4.78 is 0. The lowest BCUT2D eigenvalue weighted by molar-refractivity contribution is 0.199. The number of aliphatic hydroxyl groups is 1. The average molecular weight is 206 g/mol. The van der Waals surface area contributed by atoms with Gasteiger partial charge in [0.25, 0.3) is 0 Å². The maximum Gasteiger partial charge on any atom is 0.134 e. The second-order valence-electron chi connectivity index (χ2n) is 4.11. The van der Waals surface area contributed by atoms with E-state index in [0.717, 1.165) is 17.9 Å². The minimum absolute atomic E-state index is 0.443. The molecule has 2 rings (SSSR count). The highest BCUT2D eigenvalue weighted by Crippen LogP contribution is 2.33. The van der Waals surface area contributed by atoms with Crippen molar-refractivity contribution in [2.24, 2.45) is 0 Å². The highest BCUT2D eigenvalue weighted by Gasteiger charge is 2.30. The molecule has 0 saturated heterocycles. The van der Waals surface area contributed by atoms with E-state index in [-0.39, 0.29) is 0 Å². The van der Waals surface area contributed by atoms with E-state index < -0.39 is 6.10 Å². The fourth-order valence-electron chi connectivity index (χ4n) is 1.94. The summed E-state index contributed by atoms with van der Waals surface area (Å²) in [6.45, 7) is 4.89. The smallest absolute Gasteiger partial charge is 0.134 e. The third-order valence-electron chi connectivity index (χ3n) is 2.87. The van der Waals surface area contributed by atoms with E-state index in [2.05, 4.69) is 16.8 Å². The fraction of sp³-hybridized carbons (Fsp3) is 0.583. The Bertz CT molecular complexity index is 334. The normalized spacial score (nSPS) is 17.5. The van der Waals surface area contributed by atoms with Crippen LogP contribution in [-0.4, -0.2) is 22.7 Å². The van der Waals surface area contributed by atoms with Gasteiger partial charge >= 0.3 is 0 Å². The summed E-state index contributed by atoms with van der Waals surface area (Å²) in [4.78, 5) is 6.69. The summed E-state index contributed by atoms with van der Waals surface area (Å²) in [5.41, 5.74) is 0.936. The largest absolute Gasteiger partial charge is 0.389 e. The zero-order valence-electron chi connectivity index (χ0n) is 9.35. The van der Waals surface area contributed by atoms with Gasteiger partial charge in [0.05, 0.1) is 6.10 Å². The van der Waals surface area contributed by atoms with E-state index in [0.29, 0.717) is 6.04 Å². The van der Waals surface area contributed by atoms with Crippen molar-refractivity contribution in [3.63, 3.8) is 0 Å². The van der Waals surface area contributed by atoms with E-state index >= 15 is 0 Å². The molecule has 0 aromatic carbocycles. The van der Waals surface area contributed by atoms with Gasteiger partial charge in [-0.3, -0.25) is 0 Å². The molecule has 0 amide bonds. The van der Waals surface area contributed by atoms with Crippen molar-refractivity contribution in [3.8, 4) is 0 Å². The summed E-state index contributed by atoms with van der Waals surface area (Å²) in [7, 11) is 0. The van der Waals surface area contributed by atoms with Gasteiger partial charge in [0.1, 0.15) is 5.82 Å². The monoisotopic (exact) mass is 206 g/mol. The zero-order valence-corrected chi connectivity index (χ0v) is 9.35. The summed E-state index contributed by atoms with van der Waals surface area (Å²) >= 11 is 0. The topological polar surface area (TPSA) is 36.4 Å². The lowest BCUT2D eigenvalue weighted by atomic mass is 10.1. The Morgan fingerprint density at radius 3 is 2.87 bits per heavy atom. The predicted molar refractivity (Wildman–Crippen MR) is 60.9 cm³/mol. The van der Waals surface area contributed by atoms with Gasteiger partial charge < -0.3 is 10.0 Å². The summed E-state index contributed by atoms with van der Waals surface area (Å²) in [5.74, 6) is 0.956. The first-order chi connectivity index (χ1) is 7.24. The van der Waals surface area contributed by atoms with Crippen LogP contribution in [0.3, 0.4) is 0 Å². The molecule has 1 N–H and O–H groups in total. The van der Waals surface area contributed by atoms with Crippen LogP contribution in [0.25, 0.3) is 0 Å². The summed E-state index contributed by atoms with van der Waals surface area (Å²) in [6.07, 6.45) is 3.86. The van der Waals surface area contributed by atoms with E-state index in [1.807, 2.05) is 12.1 Å². The molecule has 1 saturated carbocycles. The molecule has 3 heteroatoms. The molecular weight excluding hydrogens is 188 g/mol. The highest BCUT2D eigenvalue weighted by atomic mass is 16.3. The van der Waals surface area contributed by atoms with Crippen LogP contribution in [0.4, 0.5) is 5.82 Å². The summed E-state index contributed by atoms with van der Waals surface area (Å²) in [6, 6.07) is 4.48. The Balaban J connectivity index is 2.31. The lowest BCUT2D eigenvalue weighted by Crippen LogP contribution is -2.27. The van der Waals surface area contributed by atoms with E-state index in [1.54, 1.807) is 13.1 Å². The third kappa shape index (κ3) is 2.12. The Hall–Kier alpha value is -1.09. The number of nitrogens with zero attached hydrogens (tertiary/aromatic N) is 2. The maximum atomic E-state index is 9.68. The molecule has 15 heavy (non-hydrogen) atoms. The first kappa shape index (κ1) is 10.4. The molecule has 1 aliphatic rings. The van der Waals surface area contributed by atoms with Crippen molar-refractivity contribution in [2.75, 3.05) is 11.4 Å². The molecule has 0 radical (unpaired) electrons. The van der Waals surface area contributed by atoms with Gasteiger partial charge in [0.2, 0.25) is 0 Å². The molecule has 0 bridgehead atoms. The Morgan fingerprint density at radius 1 is 1.60 bits per heavy atom. The van der Waals surface area contributed by atoms with Gasteiger partial charge in [-0.2, -0.15) is 0 Å². The molecule has 1 aromatic rings. The SMILES string of the molecule is CCN(c1ncccc1[C@@H](C)O)C1CC1. The van der Waals surface area contributed by atoms with Crippen molar-refractivity contribution in [1.29, 1.82) is 0 Å². The van der Waals surface area contributed by atoms with Crippen molar-refractivity contribution >= 4 is 5.82 Å². The van der Waals surface area contributed by atoms with Crippen molar-refractivity contribution in [3.05, 3.63) is 23.9 Å². The predicted octanol–water partition coefficient (Wildman–Crippen LogP) is 2.12. The van der Waals surface area contributed by atoms with Gasteiger partial charge in [-0.25, -0.2) is 4.98 Å². The van der Waals surface area contributed by atoms with Crippen LogP contribution in [0.2, 0.25) is 0 Å². The quantitative estimate of drug-likeness (QED) is 0.819. The van der Waals surface area contributed by atoms with Crippen molar-refractivity contribution < 1.29 is 5.11 Å². The van der Waals surface area contributed by atoms with Crippen LogP contribution >= 0.6 is 0 Å². The Labute approximate surface area is 90.8 Å². The molecule has 1 aliphatic carbocycles. The Kier molecular flexibility index (Phi) is 2.91. The minimum atomic E-state index is -0.443. The van der Waals surface area contributed by atoms with Gasteiger partial charge in [0, 0.05) is 24.3 Å². The van der Waals surface area contributed by atoms with Crippen LogP contribution in [-0.2, 0) is 0 Å². The van der Waals surface area contributed by atoms with Crippen LogP contribution in [0, 0.1) is 0 Å². The molecule has 3 nitrogen and oxygen atoms in total. The van der Waals surface area contributed by atoms with Crippen LogP contribution in [0.15, 0.2) is 18.3 Å². The number of aliphatic hydroxyl groups excluding tert-OH is 1. The standard InChI is InChI=1S/C12H18N2O/c1-3-14(10-6-7-10)12-11(9(2)15)5-4-8-13-12/h4-5,8-10,15H,3,6-7H2,1-2H3/t9-/m1/s1. The van der Waals surface area contributed by atoms with Crippen molar-refractivity contribution in [1.82, 2.24) is 4.98 Å². The molecular formula is C12H18N2O. The molecule has 82 valence electrons. The second kappa shape index (κ2) is 4.19. The molecule has 1 aromatic heterocycles. The second-order valence-corrected chi connectivity index (χ2v) is 4.11. The molecule has 1 heterocycles. The first-order valence-corrected chi connectivity index (χ1v) is 5.63. The number of pyridine rings is 1. The van der Waals surface area contributed by atoms with Gasteiger partial charge in [-0.05, 0) is 32.8 Å². The maximum absolute atomic E-state index is 9.68. The zero-order chi connectivity index (χ0) is 10.8. The molecule has 1 atom stereocenters.